The van der Waals surface area contributed by atoms with E-state index in [2.05, 4.69) is 31.9 Å². The van der Waals surface area contributed by atoms with Crippen LogP contribution < -0.4 is 5.32 Å². The molecule has 1 N–H and O–H groups in total. The quantitative estimate of drug-likeness (QED) is 0.804. The van der Waals surface area contributed by atoms with E-state index in [1.165, 1.54) is 10.4 Å². The summed E-state index contributed by atoms with van der Waals surface area (Å²) in [6.45, 7) is 0.943. The van der Waals surface area contributed by atoms with Crippen LogP contribution in [0.25, 0.3) is 0 Å². The monoisotopic (exact) mass is 298 g/mol. The van der Waals surface area contributed by atoms with Crippen molar-refractivity contribution in [2.24, 2.45) is 0 Å². The van der Waals surface area contributed by atoms with E-state index >= 15 is 0 Å². The van der Waals surface area contributed by atoms with Crippen molar-refractivity contribution in [1.82, 2.24) is 20.4 Å². The summed E-state index contributed by atoms with van der Waals surface area (Å²) in [5.41, 5.74) is 2.35. The molecule has 0 amide bonds. The van der Waals surface area contributed by atoms with Crippen molar-refractivity contribution in [3.8, 4) is 0 Å². The maximum Gasteiger partial charge on any atom is 0.248 e. The molecule has 106 valence electrons. The molecule has 1 aliphatic rings. The summed E-state index contributed by atoms with van der Waals surface area (Å²) < 4.78 is 5.46. The molecule has 4 heterocycles. The molecule has 5 nitrogen and oxygen atoms in total. The van der Waals surface area contributed by atoms with Crippen molar-refractivity contribution >= 4 is 11.3 Å². The SMILES string of the molecule is c1cncc(Cc2noc(C3NCCc4sccc43)n2)c1. The van der Waals surface area contributed by atoms with Gasteiger partial charge in [0.1, 0.15) is 6.04 Å². The van der Waals surface area contributed by atoms with Gasteiger partial charge in [-0.05, 0) is 35.1 Å². The molecule has 0 bridgehead atoms. The normalized spacial score (nSPS) is 17.6. The minimum atomic E-state index is 0.0233. The van der Waals surface area contributed by atoms with E-state index in [9.17, 15) is 0 Å². The van der Waals surface area contributed by atoms with Gasteiger partial charge in [0.05, 0.1) is 0 Å². The zero-order valence-electron chi connectivity index (χ0n) is 11.3. The van der Waals surface area contributed by atoms with Crippen molar-refractivity contribution in [3.63, 3.8) is 0 Å². The first kappa shape index (κ1) is 12.7. The molecule has 0 spiro atoms. The van der Waals surface area contributed by atoms with Gasteiger partial charge in [0, 0.05) is 30.2 Å². The molecule has 1 unspecified atom stereocenters. The van der Waals surface area contributed by atoms with E-state index in [1.807, 2.05) is 18.3 Å². The molecule has 0 aliphatic carbocycles. The second-order valence-corrected chi connectivity index (χ2v) is 6.02. The largest absolute Gasteiger partial charge is 0.337 e. The molecule has 0 radical (unpaired) electrons. The molecule has 0 fully saturated rings. The van der Waals surface area contributed by atoms with Crippen molar-refractivity contribution < 1.29 is 4.52 Å². The molecule has 3 aromatic heterocycles. The first-order valence-corrected chi connectivity index (χ1v) is 7.79. The zero-order chi connectivity index (χ0) is 14.1. The molecule has 0 saturated carbocycles. The van der Waals surface area contributed by atoms with E-state index in [4.69, 9.17) is 4.52 Å². The Hall–Kier alpha value is -2.05. The lowest BCUT2D eigenvalue weighted by molar-refractivity contribution is 0.341. The lowest BCUT2D eigenvalue weighted by Crippen LogP contribution is -2.29. The van der Waals surface area contributed by atoms with Gasteiger partial charge in [0.2, 0.25) is 5.89 Å². The highest BCUT2D eigenvalue weighted by molar-refractivity contribution is 7.10. The number of hydrogen-bond acceptors (Lipinski definition) is 6. The average Bonchev–Trinajstić information content (AvgIpc) is 3.16. The fraction of sp³-hybridized carbons (Fsp3) is 0.267. The molecule has 0 saturated heterocycles. The third-order valence-corrected chi connectivity index (χ3v) is 4.60. The number of nitrogens with one attached hydrogen (secondary N) is 1. The summed E-state index contributed by atoms with van der Waals surface area (Å²) in [6, 6.07) is 6.09. The van der Waals surface area contributed by atoms with Crippen LogP contribution in [0.3, 0.4) is 0 Å². The third kappa shape index (κ3) is 2.48. The summed E-state index contributed by atoms with van der Waals surface area (Å²) in [6.07, 6.45) is 5.29. The van der Waals surface area contributed by atoms with Crippen LogP contribution in [0.5, 0.6) is 0 Å². The Morgan fingerprint density at radius 3 is 3.29 bits per heavy atom. The van der Waals surface area contributed by atoms with Gasteiger partial charge in [-0.25, -0.2) is 0 Å². The summed E-state index contributed by atoms with van der Waals surface area (Å²) >= 11 is 1.80. The minimum absolute atomic E-state index is 0.0233. The molecule has 4 rings (SSSR count). The van der Waals surface area contributed by atoms with Gasteiger partial charge in [-0.2, -0.15) is 4.98 Å². The summed E-state index contributed by atoms with van der Waals surface area (Å²) in [5, 5.41) is 9.67. The average molecular weight is 298 g/mol. The van der Waals surface area contributed by atoms with Crippen LogP contribution in [0.2, 0.25) is 0 Å². The molecular weight excluding hydrogens is 284 g/mol. The maximum absolute atomic E-state index is 5.46. The van der Waals surface area contributed by atoms with Crippen LogP contribution in [-0.2, 0) is 12.8 Å². The Morgan fingerprint density at radius 2 is 2.38 bits per heavy atom. The molecule has 1 atom stereocenters. The highest BCUT2D eigenvalue weighted by atomic mass is 32.1. The number of aromatic nitrogens is 3. The number of nitrogens with zero attached hydrogens (tertiary/aromatic N) is 3. The Bertz CT molecular complexity index is 737. The Balaban J connectivity index is 1.58. The summed E-state index contributed by atoms with van der Waals surface area (Å²) in [5.74, 6) is 1.34. The lowest BCUT2D eigenvalue weighted by atomic mass is 10.0. The fourth-order valence-corrected chi connectivity index (χ4v) is 3.53. The van der Waals surface area contributed by atoms with Gasteiger partial charge in [0.15, 0.2) is 5.82 Å². The Labute approximate surface area is 126 Å². The first-order chi connectivity index (χ1) is 10.4. The van der Waals surface area contributed by atoms with Crippen LogP contribution >= 0.6 is 11.3 Å². The molecule has 0 aromatic carbocycles. The summed E-state index contributed by atoms with van der Waals surface area (Å²) in [7, 11) is 0. The number of fused-ring (bicyclic) bond motifs is 1. The lowest BCUT2D eigenvalue weighted by Gasteiger charge is -2.20. The Morgan fingerprint density at radius 1 is 1.38 bits per heavy atom. The number of hydrogen-bond donors (Lipinski definition) is 1. The predicted octanol–water partition coefficient (Wildman–Crippen LogP) is 2.35. The van der Waals surface area contributed by atoms with Crippen LogP contribution in [0.15, 0.2) is 40.5 Å². The van der Waals surface area contributed by atoms with Crippen molar-refractivity contribution in [2.75, 3.05) is 6.54 Å². The minimum Gasteiger partial charge on any atom is -0.337 e. The standard InChI is InChI=1S/C15H14N4OS/c1-2-10(9-16-5-1)8-13-18-15(20-19-13)14-11-4-7-21-12(11)3-6-17-14/h1-2,4-5,7,9,14,17H,3,6,8H2. The Kier molecular flexibility index (Phi) is 3.25. The number of rotatable bonds is 3. The van der Waals surface area contributed by atoms with Crippen molar-refractivity contribution in [1.29, 1.82) is 0 Å². The predicted molar refractivity (Wildman–Crippen MR) is 79.2 cm³/mol. The van der Waals surface area contributed by atoms with E-state index in [0.29, 0.717) is 18.1 Å². The van der Waals surface area contributed by atoms with E-state index < -0.39 is 0 Å². The highest BCUT2D eigenvalue weighted by Gasteiger charge is 2.27. The third-order valence-electron chi connectivity index (χ3n) is 3.61. The topological polar surface area (TPSA) is 63.8 Å². The van der Waals surface area contributed by atoms with Crippen molar-refractivity contribution in [2.45, 2.75) is 18.9 Å². The first-order valence-electron chi connectivity index (χ1n) is 6.91. The molecule has 1 aliphatic heterocycles. The maximum atomic E-state index is 5.46. The van der Waals surface area contributed by atoms with Crippen LogP contribution in [0.4, 0.5) is 0 Å². The molecular formula is C15H14N4OS. The van der Waals surface area contributed by atoms with Gasteiger partial charge >= 0.3 is 0 Å². The van der Waals surface area contributed by atoms with E-state index in [0.717, 1.165) is 18.5 Å². The smallest absolute Gasteiger partial charge is 0.248 e. The van der Waals surface area contributed by atoms with Crippen LogP contribution in [0, 0.1) is 0 Å². The summed E-state index contributed by atoms with van der Waals surface area (Å²) in [4.78, 5) is 10.1. The molecule has 21 heavy (non-hydrogen) atoms. The number of pyridine rings is 1. The van der Waals surface area contributed by atoms with Gasteiger partial charge < -0.3 is 9.84 Å². The number of thiophene rings is 1. The van der Waals surface area contributed by atoms with E-state index in [-0.39, 0.29) is 6.04 Å². The fourth-order valence-electron chi connectivity index (χ4n) is 2.61. The molecule has 3 aromatic rings. The van der Waals surface area contributed by atoms with Crippen LogP contribution in [0.1, 0.15) is 33.8 Å². The van der Waals surface area contributed by atoms with Gasteiger partial charge in [-0.15, -0.1) is 11.3 Å². The van der Waals surface area contributed by atoms with Gasteiger partial charge in [-0.1, -0.05) is 11.2 Å². The van der Waals surface area contributed by atoms with Crippen LogP contribution in [-0.4, -0.2) is 21.7 Å². The van der Waals surface area contributed by atoms with Gasteiger partial charge in [-0.3, -0.25) is 4.98 Å². The second kappa shape index (κ2) is 5.38. The van der Waals surface area contributed by atoms with E-state index in [1.54, 1.807) is 17.5 Å². The second-order valence-electron chi connectivity index (χ2n) is 5.02. The van der Waals surface area contributed by atoms with Crippen molar-refractivity contribution in [3.05, 3.63) is 63.7 Å². The van der Waals surface area contributed by atoms with Gasteiger partial charge in [0.25, 0.3) is 0 Å². The zero-order valence-corrected chi connectivity index (χ0v) is 12.1. The molecule has 6 heteroatoms. The highest BCUT2D eigenvalue weighted by Crippen LogP contribution is 2.31.